The maximum atomic E-state index is 5.61. The fraction of sp³-hybridized carbons (Fsp3) is 0.111. The number of benzene rings is 3. The number of hydrogen-bond donors (Lipinski definition) is 1. The summed E-state index contributed by atoms with van der Waals surface area (Å²) in [5.74, 6) is 1.63. The molecular weight excluding hydrogens is 396 g/mol. The molecule has 32 heavy (non-hydrogen) atoms. The number of ether oxygens (including phenoxy) is 1. The topological polar surface area (TPSA) is 52.0 Å². The van der Waals surface area contributed by atoms with Crippen LogP contribution in [0, 0.1) is 6.92 Å². The number of nitrogens with zero attached hydrogens (tertiary/aromatic N) is 3. The summed E-state index contributed by atoms with van der Waals surface area (Å²) >= 11 is 0. The van der Waals surface area contributed by atoms with E-state index in [4.69, 9.17) is 4.74 Å². The molecule has 0 aliphatic rings. The third-order valence-corrected chi connectivity index (χ3v) is 5.41. The van der Waals surface area contributed by atoms with Gasteiger partial charge in [0.2, 0.25) is 0 Å². The van der Waals surface area contributed by atoms with E-state index in [2.05, 4.69) is 69.4 Å². The Labute approximate surface area is 187 Å². The number of aromatic nitrogens is 3. The average Bonchev–Trinajstić information content (AvgIpc) is 3.23. The second-order valence-electron chi connectivity index (χ2n) is 7.62. The van der Waals surface area contributed by atoms with Crippen LogP contribution >= 0.6 is 0 Å². The van der Waals surface area contributed by atoms with Gasteiger partial charge in [-0.3, -0.25) is 0 Å². The number of aryl methyl sites for hydroxylation is 1. The van der Waals surface area contributed by atoms with Gasteiger partial charge >= 0.3 is 0 Å². The Kier molecular flexibility index (Phi) is 5.30. The van der Waals surface area contributed by atoms with Crippen molar-refractivity contribution >= 4 is 22.5 Å². The molecular formula is C27H24N4O. The molecule has 0 atom stereocenters. The van der Waals surface area contributed by atoms with Crippen LogP contribution in [0.25, 0.3) is 27.8 Å². The van der Waals surface area contributed by atoms with Gasteiger partial charge in [-0.05, 0) is 55.8 Å². The van der Waals surface area contributed by atoms with E-state index in [1.807, 2.05) is 49.4 Å². The van der Waals surface area contributed by atoms with Gasteiger partial charge < -0.3 is 14.6 Å². The van der Waals surface area contributed by atoms with E-state index in [0.717, 1.165) is 45.1 Å². The molecule has 158 valence electrons. The number of anilines is 2. The fourth-order valence-corrected chi connectivity index (χ4v) is 3.83. The normalized spacial score (nSPS) is 10.9. The molecule has 3 aromatic carbocycles. The van der Waals surface area contributed by atoms with Gasteiger partial charge in [-0.1, -0.05) is 48.0 Å². The Balaban J connectivity index is 1.68. The lowest BCUT2D eigenvalue weighted by Crippen LogP contribution is -1.98. The minimum Gasteiger partial charge on any atom is -0.494 e. The van der Waals surface area contributed by atoms with E-state index in [0.29, 0.717) is 6.61 Å². The molecule has 0 saturated heterocycles. The van der Waals surface area contributed by atoms with Gasteiger partial charge in [-0.2, -0.15) is 0 Å². The van der Waals surface area contributed by atoms with E-state index in [9.17, 15) is 0 Å². The van der Waals surface area contributed by atoms with E-state index < -0.39 is 0 Å². The predicted octanol–water partition coefficient (Wildman–Crippen LogP) is 6.54. The van der Waals surface area contributed by atoms with Crippen molar-refractivity contribution in [2.75, 3.05) is 11.9 Å². The summed E-state index contributed by atoms with van der Waals surface area (Å²) in [6.45, 7) is 4.71. The average molecular weight is 421 g/mol. The molecule has 5 aromatic rings. The highest BCUT2D eigenvalue weighted by atomic mass is 16.5. The zero-order valence-electron chi connectivity index (χ0n) is 18.1. The molecule has 5 nitrogen and oxygen atoms in total. The Morgan fingerprint density at radius 3 is 2.34 bits per heavy atom. The largest absolute Gasteiger partial charge is 0.494 e. The zero-order valence-corrected chi connectivity index (χ0v) is 18.1. The van der Waals surface area contributed by atoms with Crippen LogP contribution in [0.3, 0.4) is 0 Å². The molecule has 2 heterocycles. The molecule has 0 aliphatic carbocycles. The molecule has 5 heteroatoms. The van der Waals surface area contributed by atoms with E-state index in [1.54, 1.807) is 6.33 Å². The number of fused-ring (bicyclic) bond motifs is 1. The quantitative estimate of drug-likeness (QED) is 0.339. The molecule has 1 N–H and O–H groups in total. The molecule has 0 saturated carbocycles. The first-order valence-electron chi connectivity index (χ1n) is 10.7. The van der Waals surface area contributed by atoms with Crippen LogP contribution in [0.5, 0.6) is 5.75 Å². The van der Waals surface area contributed by atoms with E-state index >= 15 is 0 Å². The highest BCUT2D eigenvalue weighted by molar-refractivity contribution is 6.03. The van der Waals surface area contributed by atoms with Gasteiger partial charge in [-0.15, -0.1) is 0 Å². The van der Waals surface area contributed by atoms with Gasteiger partial charge in [0, 0.05) is 23.1 Å². The highest BCUT2D eigenvalue weighted by Gasteiger charge is 2.17. The molecule has 0 spiro atoms. The molecule has 0 amide bonds. The van der Waals surface area contributed by atoms with Crippen LogP contribution in [-0.4, -0.2) is 21.1 Å². The molecule has 0 bridgehead atoms. The molecule has 0 radical (unpaired) electrons. The molecule has 0 fully saturated rings. The lowest BCUT2D eigenvalue weighted by Gasteiger charge is -2.09. The third kappa shape index (κ3) is 3.81. The third-order valence-electron chi connectivity index (χ3n) is 5.41. The summed E-state index contributed by atoms with van der Waals surface area (Å²) < 4.78 is 7.71. The van der Waals surface area contributed by atoms with Gasteiger partial charge in [0.1, 0.15) is 17.9 Å². The van der Waals surface area contributed by atoms with E-state index in [1.165, 1.54) is 5.56 Å². The summed E-state index contributed by atoms with van der Waals surface area (Å²) in [7, 11) is 0. The van der Waals surface area contributed by atoms with Crippen molar-refractivity contribution in [3.8, 4) is 22.6 Å². The van der Waals surface area contributed by atoms with Crippen molar-refractivity contribution in [1.29, 1.82) is 0 Å². The maximum Gasteiger partial charge on any atom is 0.150 e. The lowest BCUT2D eigenvalue weighted by molar-refractivity contribution is 0.340. The molecule has 2 aromatic heterocycles. The summed E-state index contributed by atoms with van der Waals surface area (Å²) in [4.78, 5) is 9.26. The standard InChI is InChI=1S/C27H24N4O/c1-3-32-23-15-13-22(14-16-23)31-17-24(20-7-5-4-6-8-20)25-26(28-18-29-27(25)31)30-21-11-9-19(2)10-12-21/h4-18H,3H2,1-2H3,(H,28,29,30). The smallest absolute Gasteiger partial charge is 0.150 e. The Hall–Kier alpha value is -4.12. The van der Waals surface area contributed by atoms with Crippen molar-refractivity contribution in [3.63, 3.8) is 0 Å². The summed E-state index contributed by atoms with van der Waals surface area (Å²) in [5, 5.41) is 4.47. The van der Waals surface area contributed by atoms with E-state index in [-0.39, 0.29) is 0 Å². The van der Waals surface area contributed by atoms with Crippen molar-refractivity contribution < 1.29 is 4.74 Å². The predicted molar refractivity (Wildman–Crippen MR) is 130 cm³/mol. The minimum absolute atomic E-state index is 0.644. The van der Waals surface area contributed by atoms with Gasteiger partial charge in [-0.25, -0.2) is 9.97 Å². The Morgan fingerprint density at radius 2 is 1.62 bits per heavy atom. The Morgan fingerprint density at radius 1 is 0.875 bits per heavy atom. The van der Waals surface area contributed by atoms with Gasteiger partial charge in [0.25, 0.3) is 0 Å². The van der Waals surface area contributed by atoms with Gasteiger partial charge in [0.05, 0.1) is 12.0 Å². The second-order valence-corrected chi connectivity index (χ2v) is 7.62. The van der Waals surface area contributed by atoms with Crippen molar-refractivity contribution in [3.05, 3.63) is 97.0 Å². The molecule has 5 rings (SSSR count). The van der Waals surface area contributed by atoms with Crippen molar-refractivity contribution in [2.45, 2.75) is 13.8 Å². The summed E-state index contributed by atoms with van der Waals surface area (Å²) in [6.07, 6.45) is 3.74. The van der Waals surface area contributed by atoms with Crippen molar-refractivity contribution in [2.24, 2.45) is 0 Å². The number of rotatable bonds is 6. The fourth-order valence-electron chi connectivity index (χ4n) is 3.83. The molecule has 0 aliphatic heterocycles. The first-order chi connectivity index (χ1) is 15.7. The Bertz CT molecular complexity index is 1340. The first kappa shape index (κ1) is 19.8. The highest BCUT2D eigenvalue weighted by Crippen LogP contribution is 2.36. The number of nitrogens with one attached hydrogen (secondary N) is 1. The van der Waals surface area contributed by atoms with Crippen LogP contribution < -0.4 is 10.1 Å². The summed E-state index contributed by atoms with van der Waals surface area (Å²) in [6, 6.07) is 26.7. The second kappa shape index (κ2) is 8.55. The van der Waals surface area contributed by atoms with Crippen LogP contribution in [0.4, 0.5) is 11.5 Å². The summed E-state index contributed by atoms with van der Waals surface area (Å²) in [5.41, 5.74) is 6.25. The lowest BCUT2D eigenvalue weighted by atomic mass is 10.1. The van der Waals surface area contributed by atoms with Gasteiger partial charge in [0.15, 0.2) is 5.65 Å². The van der Waals surface area contributed by atoms with Crippen molar-refractivity contribution in [1.82, 2.24) is 14.5 Å². The minimum atomic E-state index is 0.644. The van der Waals surface area contributed by atoms with Crippen LogP contribution in [0.1, 0.15) is 12.5 Å². The maximum absolute atomic E-state index is 5.61. The monoisotopic (exact) mass is 420 g/mol. The van der Waals surface area contributed by atoms with Crippen LogP contribution in [0.2, 0.25) is 0 Å². The van der Waals surface area contributed by atoms with Crippen LogP contribution in [-0.2, 0) is 0 Å². The SMILES string of the molecule is CCOc1ccc(-n2cc(-c3ccccc3)c3c(Nc4ccc(C)cc4)ncnc32)cc1. The number of hydrogen-bond acceptors (Lipinski definition) is 4. The van der Waals surface area contributed by atoms with Crippen LogP contribution in [0.15, 0.2) is 91.4 Å². The zero-order chi connectivity index (χ0) is 21.9. The molecule has 0 unspecified atom stereocenters. The first-order valence-corrected chi connectivity index (χ1v) is 10.7.